The van der Waals surface area contributed by atoms with Gasteiger partial charge >= 0.3 is 5.97 Å². The first-order valence-corrected chi connectivity index (χ1v) is 5.08. The number of carbonyl (C=O) groups is 1. The van der Waals surface area contributed by atoms with E-state index in [2.05, 4.69) is 4.98 Å². The highest BCUT2D eigenvalue weighted by atomic mass is 32.1. The van der Waals surface area contributed by atoms with Crippen molar-refractivity contribution in [2.45, 2.75) is 33.1 Å². The van der Waals surface area contributed by atoms with Gasteiger partial charge in [0.1, 0.15) is 4.88 Å². The molecule has 0 aliphatic rings. The van der Waals surface area contributed by atoms with E-state index in [9.17, 15) is 4.79 Å². The number of hydrogen-bond acceptors (Lipinski definition) is 3. The fourth-order valence-electron chi connectivity index (χ4n) is 1.12. The van der Waals surface area contributed by atoms with Gasteiger partial charge in [0.25, 0.3) is 0 Å². The van der Waals surface area contributed by atoms with Crippen LogP contribution in [0.5, 0.6) is 0 Å². The predicted octanol–water partition coefficient (Wildman–Crippen LogP) is 2.66. The van der Waals surface area contributed by atoms with Crippen LogP contribution >= 0.6 is 11.3 Å². The molecule has 4 heteroatoms. The molecule has 0 aromatic carbocycles. The fourth-order valence-corrected chi connectivity index (χ4v) is 2.00. The Labute approximate surface area is 81.4 Å². The van der Waals surface area contributed by atoms with Gasteiger partial charge in [-0.25, -0.2) is 9.78 Å². The van der Waals surface area contributed by atoms with Crippen LogP contribution in [0.1, 0.15) is 46.6 Å². The molecule has 1 N–H and O–H groups in total. The number of hydrogen-bond donors (Lipinski definition) is 1. The minimum Gasteiger partial charge on any atom is -0.477 e. The van der Waals surface area contributed by atoms with Crippen molar-refractivity contribution in [3.63, 3.8) is 0 Å². The quantitative estimate of drug-likeness (QED) is 0.814. The van der Waals surface area contributed by atoms with E-state index in [1.165, 1.54) is 11.3 Å². The van der Waals surface area contributed by atoms with Crippen LogP contribution in [0.4, 0.5) is 0 Å². The molecule has 13 heavy (non-hydrogen) atoms. The molecule has 1 unspecified atom stereocenters. The Hall–Kier alpha value is -0.900. The standard InChI is InChI=1S/C9H13NO2S/c1-4-5(2)7-8(9(11)12)13-6(3)10-7/h5H,4H2,1-3H3,(H,11,12). The number of aryl methyl sites for hydroxylation is 1. The molecule has 0 amide bonds. The van der Waals surface area contributed by atoms with Crippen molar-refractivity contribution in [3.8, 4) is 0 Å². The summed E-state index contributed by atoms with van der Waals surface area (Å²) in [6.45, 7) is 5.87. The summed E-state index contributed by atoms with van der Waals surface area (Å²) in [5.74, 6) is -0.628. The van der Waals surface area contributed by atoms with Crippen LogP contribution in [0.3, 0.4) is 0 Å². The van der Waals surface area contributed by atoms with Gasteiger partial charge in [0.05, 0.1) is 10.7 Å². The van der Waals surface area contributed by atoms with Gasteiger partial charge in [0, 0.05) is 0 Å². The Morgan fingerprint density at radius 2 is 2.31 bits per heavy atom. The Morgan fingerprint density at radius 3 is 2.77 bits per heavy atom. The molecule has 0 bridgehead atoms. The number of carboxylic acid groups (broad SMARTS) is 1. The summed E-state index contributed by atoms with van der Waals surface area (Å²) >= 11 is 1.26. The lowest BCUT2D eigenvalue weighted by Gasteiger charge is -2.04. The van der Waals surface area contributed by atoms with Crippen LogP contribution in [0.2, 0.25) is 0 Å². The van der Waals surface area contributed by atoms with E-state index in [0.717, 1.165) is 17.1 Å². The number of thiazole rings is 1. The molecule has 0 aliphatic carbocycles. The summed E-state index contributed by atoms with van der Waals surface area (Å²) in [5, 5.41) is 9.72. The van der Waals surface area contributed by atoms with Gasteiger partial charge in [-0.1, -0.05) is 13.8 Å². The summed E-state index contributed by atoms with van der Waals surface area (Å²) < 4.78 is 0. The second-order valence-electron chi connectivity index (χ2n) is 3.06. The first kappa shape index (κ1) is 10.2. The Bertz CT molecular complexity index is 319. The van der Waals surface area contributed by atoms with Gasteiger partial charge in [-0.3, -0.25) is 0 Å². The van der Waals surface area contributed by atoms with Crippen molar-refractivity contribution < 1.29 is 9.90 Å². The molecule has 0 radical (unpaired) electrons. The van der Waals surface area contributed by atoms with Gasteiger partial charge in [0.2, 0.25) is 0 Å². The zero-order valence-corrected chi connectivity index (χ0v) is 8.81. The molecule has 1 aromatic rings. The van der Waals surface area contributed by atoms with E-state index in [4.69, 9.17) is 5.11 Å². The maximum absolute atomic E-state index is 10.8. The van der Waals surface area contributed by atoms with E-state index < -0.39 is 5.97 Å². The molecule has 0 saturated carbocycles. The van der Waals surface area contributed by atoms with Crippen LogP contribution in [0, 0.1) is 6.92 Å². The number of aromatic nitrogens is 1. The van der Waals surface area contributed by atoms with E-state index in [-0.39, 0.29) is 5.92 Å². The summed E-state index contributed by atoms with van der Waals surface area (Å²) in [6, 6.07) is 0. The monoisotopic (exact) mass is 199 g/mol. The molecule has 0 aliphatic heterocycles. The second kappa shape index (κ2) is 3.87. The molecule has 1 heterocycles. The molecule has 1 aromatic heterocycles. The minimum atomic E-state index is -0.860. The zero-order chi connectivity index (χ0) is 10.0. The minimum absolute atomic E-state index is 0.232. The van der Waals surface area contributed by atoms with Crippen LogP contribution in [0.25, 0.3) is 0 Å². The number of nitrogens with zero attached hydrogens (tertiary/aromatic N) is 1. The molecule has 0 spiro atoms. The van der Waals surface area contributed by atoms with Crippen molar-refractivity contribution >= 4 is 17.3 Å². The van der Waals surface area contributed by atoms with Crippen LogP contribution in [-0.2, 0) is 0 Å². The Balaban J connectivity index is 3.11. The highest BCUT2D eigenvalue weighted by Crippen LogP contribution is 2.26. The third kappa shape index (κ3) is 2.06. The maximum Gasteiger partial charge on any atom is 0.347 e. The zero-order valence-electron chi connectivity index (χ0n) is 8.00. The lowest BCUT2D eigenvalue weighted by atomic mass is 10.0. The molecule has 1 rings (SSSR count). The molecule has 0 fully saturated rings. The van der Waals surface area contributed by atoms with Gasteiger partial charge in [-0.05, 0) is 19.3 Å². The van der Waals surface area contributed by atoms with Gasteiger partial charge in [-0.15, -0.1) is 11.3 Å². The average Bonchev–Trinajstić information content (AvgIpc) is 2.46. The van der Waals surface area contributed by atoms with Gasteiger partial charge in [-0.2, -0.15) is 0 Å². The summed E-state index contributed by atoms with van der Waals surface area (Å²) in [4.78, 5) is 15.5. The summed E-state index contributed by atoms with van der Waals surface area (Å²) in [5.41, 5.74) is 0.734. The number of aromatic carboxylic acids is 1. The van der Waals surface area contributed by atoms with E-state index in [1.54, 1.807) is 0 Å². The van der Waals surface area contributed by atoms with Crippen LogP contribution in [-0.4, -0.2) is 16.1 Å². The average molecular weight is 199 g/mol. The Morgan fingerprint density at radius 1 is 1.69 bits per heavy atom. The molecule has 1 atom stereocenters. The predicted molar refractivity (Wildman–Crippen MR) is 52.5 cm³/mol. The third-order valence-electron chi connectivity index (χ3n) is 2.03. The number of carboxylic acids is 1. The second-order valence-corrected chi connectivity index (χ2v) is 4.26. The summed E-state index contributed by atoms with van der Waals surface area (Å²) in [6.07, 6.45) is 0.920. The smallest absolute Gasteiger partial charge is 0.347 e. The lowest BCUT2D eigenvalue weighted by molar-refractivity contribution is 0.0700. The maximum atomic E-state index is 10.8. The first-order chi connectivity index (χ1) is 6.06. The SMILES string of the molecule is CCC(C)c1nc(C)sc1C(=O)O. The molecule has 72 valence electrons. The van der Waals surface area contributed by atoms with Gasteiger partial charge < -0.3 is 5.11 Å². The molecule has 3 nitrogen and oxygen atoms in total. The van der Waals surface area contributed by atoms with Crippen LogP contribution in [0.15, 0.2) is 0 Å². The van der Waals surface area contributed by atoms with E-state index >= 15 is 0 Å². The normalized spacial score (nSPS) is 12.8. The fraction of sp³-hybridized carbons (Fsp3) is 0.556. The molecular formula is C9H13NO2S. The summed E-state index contributed by atoms with van der Waals surface area (Å²) in [7, 11) is 0. The van der Waals surface area contributed by atoms with E-state index in [1.807, 2.05) is 20.8 Å². The molecular weight excluding hydrogens is 186 g/mol. The lowest BCUT2D eigenvalue weighted by Crippen LogP contribution is -2.02. The largest absolute Gasteiger partial charge is 0.477 e. The third-order valence-corrected chi connectivity index (χ3v) is 3.01. The highest BCUT2D eigenvalue weighted by Gasteiger charge is 2.19. The Kier molecular flexibility index (Phi) is 3.03. The van der Waals surface area contributed by atoms with Crippen molar-refractivity contribution in [2.75, 3.05) is 0 Å². The highest BCUT2D eigenvalue weighted by molar-refractivity contribution is 7.13. The van der Waals surface area contributed by atoms with Crippen LogP contribution < -0.4 is 0 Å². The number of rotatable bonds is 3. The van der Waals surface area contributed by atoms with Crippen molar-refractivity contribution in [1.29, 1.82) is 0 Å². The van der Waals surface area contributed by atoms with E-state index in [0.29, 0.717) is 4.88 Å². The van der Waals surface area contributed by atoms with Crippen molar-refractivity contribution in [3.05, 3.63) is 15.6 Å². The van der Waals surface area contributed by atoms with Crippen molar-refractivity contribution in [1.82, 2.24) is 4.98 Å². The molecule has 0 saturated heterocycles. The van der Waals surface area contributed by atoms with Gasteiger partial charge in [0.15, 0.2) is 0 Å². The topological polar surface area (TPSA) is 50.2 Å². The van der Waals surface area contributed by atoms with Crippen molar-refractivity contribution in [2.24, 2.45) is 0 Å². The first-order valence-electron chi connectivity index (χ1n) is 4.26.